The summed E-state index contributed by atoms with van der Waals surface area (Å²) in [5, 5.41) is 8.03. The third-order valence-electron chi connectivity index (χ3n) is 3.96. The molecule has 3 aromatic rings. The van der Waals surface area contributed by atoms with E-state index in [2.05, 4.69) is 15.4 Å². The molecular weight excluding hydrogens is 343 g/mol. The van der Waals surface area contributed by atoms with Gasteiger partial charge in [0.2, 0.25) is 5.91 Å². The Morgan fingerprint density at radius 3 is 2.68 bits per heavy atom. The highest BCUT2D eigenvalue weighted by Gasteiger charge is 2.18. The molecule has 0 bridgehead atoms. The van der Waals surface area contributed by atoms with Gasteiger partial charge in [0, 0.05) is 36.8 Å². The van der Waals surface area contributed by atoms with Crippen molar-refractivity contribution in [2.24, 2.45) is 7.05 Å². The van der Waals surface area contributed by atoms with Gasteiger partial charge < -0.3 is 5.32 Å². The van der Waals surface area contributed by atoms with Gasteiger partial charge in [0.1, 0.15) is 11.3 Å². The van der Waals surface area contributed by atoms with Crippen molar-refractivity contribution in [1.82, 2.24) is 14.8 Å². The van der Waals surface area contributed by atoms with E-state index in [0.717, 1.165) is 11.1 Å². The summed E-state index contributed by atoms with van der Waals surface area (Å²) in [6, 6.07) is 4.91. The zero-order chi connectivity index (χ0) is 18.3. The molecule has 5 nitrogen and oxygen atoms in total. The van der Waals surface area contributed by atoms with E-state index in [0.29, 0.717) is 27.5 Å². The molecule has 2 heterocycles. The van der Waals surface area contributed by atoms with Gasteiger partial charge in [-0.05, 0) is 29.7 Å². The number of anilines is 1. The van der Waals surface area contributed by atoms with Crippen LogP contribution in [0.3, 0.4) is 0 Å². The minimum atomic E-state index is -0.413. The zero-order valence-electron chi connectivity index (χ0n) is 14.4. The van der Waals surface area contributed by atoms with Crippen LogP contribution in [0.15, 0.2) is 24.4 Å². The summed E-state index contributed by atoms with van der Waals surface area (Å²) in [4.78, 5) is 15.3. The second-order valence-electron chi connectivity index (χ2n) is 6.25. The highest BCUT2D eigenvalue weighted by atomic mass is 35.5. The van der Waals surface area contributed by atoms with Gasteiger partial charge in [0.05, 0.1) is 5.02 Å². The lowest BCUT2D eigenvalue weighted by Crippen LogP contribution is -2.07. The average Bonchev–Trinajstić information content (AvgIpc) is 2.85. The predicted molar refractivity (Wildman–Crippen MR) is 97.3 cm³/mol. The Morgan fingerprint density at radius 1 is 1.32 bits per heavy atom. The molecule has 0 unspecified atom stereocenters. The van der Waals surface area contributed by atoms with Crippen molar-refractivity contribution in [3.63, 3.8) is 0 Å². The molecule has 0 atom stereocenters. The Hall–Kier alpha value is -2.47. The molecule has 0 radical (unpaired) electrons. The number of aryl methyl sites for hydroxylation is 1. The molecule has 0 spiro atoms. The highest BCUT2D eigenvalue weighted by Crippen LogP contribution is 2.35. The number of pyridine rings is 1. The summed E-state index contributed by atoms with van der Waals surface area (Å²) in [7, 11) is 1.81. The van der Waals surface area contributed by atoms with Gasteiger partial charge in [-0.15, -0.1) is 0 Å². The average molecular weight is 361 g/mol. The van der Waals surface area contributed by atoms with Crippen molar-refractivity contribution in [3.05, 3.63) is 40.9 Å². The standard InChI is InChI=1S/C18H18ClFN4O/c1-9(2)18-13-5-11(6-15(20)17(13)23-24(18)4)12-7-16(22-10(3)25)21-8-14(12)19/h5-9H,1-4H3,(H,21,22,25). The molecule has 130 valence electrons. The van der Waals surface area contributed by atoms with Crippen LogP contribution in [0.25, 0.3) is 22.0 Å². The molecule has 0 fully saturated rings. The molecule has 1 amide bonds. The molecule has 0 aliphatic heterocycles. The molecule has 0 aliphatic rings. The van der Waals surface area contributed by atoms with Crippen molar-refractivity contribution < 1.29 is 9.18 Å². The number of aromatic nitrogens is 3. The number of rotatable bonds is 3. The largest absolute Gasteiger partial charge is 0.311 e. The van der Waals surface area contributed by atoms with Crippen LogP contribution in [0.4, 0.5) is 10.2 Å². The van der Waals surface area contributed by atoms with Gasteiger partial charge >= 0.3 is 0 Å². The number of nitrogens with one attached hydrogen (secondary N) is 1. The van der Waals surface area contributed by atoms with E-state index in [1.165, 1.54) is 19.2 Å². The number of halogens is 2. The van der Waals surface area contributed by atoms with Crippen molar-refractivity contribution in [1.29, 1.82) is 0 Å². The van der Waals surface area contributed by atoms with E-state index >= 15 is 0 Å². The number of carbonyl (C=O) groups excluding carboxylic acids is 1. The lowest BCUT2D eigenvalue weighted by Gasteiger charge is -2.10. The van der Waals surface area contributed by atoms with E-state index in [-0.39, 0.29) is 11.8 Å². The topological polar surface area (TPSA) is 59.8 Å². The van der Waals surface area contributed by atoms with Gasteiger partial charge in [-0.25, -0.2) is 9.37 Å². The number of fused-ring (bicyclic) bond motifs is 1. The number of hydrogen-bond acceptors (Lipinski definition) is 3. The second kappa shape index (κ2) is 6.44. The first kappa shape index (κ1) is 17.4. The quantitative estimate of drug-likeness (QED) is 0.747. The van der Waals surface area contributed by atoms with Crippen LogP contribution < -0.4 is 5.32 Å². The first-order valence-electron chi connectivity index (χ1n) is 7.87. The minimum absolute atomic E-state index is 0.188. The van der Waals surface area contributed by atoms with Crippen LogP contribution in [0.5, 0.6) is 0 Å². The van der Waals surface area contributed by atoms with Crippen LogP contribution in [0.2, 0.25) is 5.02 Å². The Kier molecular flexibility index (Phi) is 4.47. The van der Waals surface area contributed by atoms with Crippen LogP contribution in [0, 0.1) is 5.82 Å². The SMILES string of the molecule is CC(=O)Nc1cc(-c2cc(F)c3nn(C)c(C(C)C)c3c2)c(Cl)cn1. The molecule has 0 aliphatic carbocycles. The molecule has 0 saturated carbocycles. The van der Waals surface area contributed by atoms with Gasteiger partial charge in [0.15, 0.2) is 5.82 Å². The van der Waals surface area contributed by atoms with Crippen molar-refractivity contribution in [2.45, 2.75) is 26.7 Å². The smallest absolute Gasteiger partial charge is 0.222 e. The summed E-state index contributed by atoms with van der Waals surface area (Å²) in [6.45, 7) is 5.47. The van der Waals surface area contributed by atoms with Crippen LogP contribution in [-0.2, 0) is 11.8 Å². The maximum atomic E-state index is 14.6. The molecule has 3 rings (SSSR count). The van der Waals surface area contributed by atoms with Gasteiger partial charge in [-0.1, -0.05) is 25.4 Å². The molecule has 2 aromatic heterocycles. The lowest BCUT2D eigenvalue weighted by molar-refractivity contribution is -0.114. The second-order valence-corrected chi connectivity index (χ2v) is 6.66. The molecular formula is C18H18ClFN4O. The van der Waals surface area contributed by atoms with Gasteiger partial charge in [-0.2, -0.15) is 5.10 Å². The molecule has 7 heteroatoms. The van der Waals surface area contributed by atoms with Crippen molar-refractivity contribution in [3.8, 4) is 11.1 Å². The normalized spacial score (nSPS) is 11.3. The number of nitrogens with zero attached hydrogens (tertiary/aromatic N) is 3. The van der Waals surface area contributed by atoms with Crippen molar-refractivity contribution in [2.75, 3.05) is 5.32 Å². The van der Waals surface area contributed by atoms with E-state index in [1.54, 1.807) is 10.7 Å². The van der Waals surface area contributed by atoms with Gasteiger partial charge in [-0.3, -0.25) is 9.48 Å². The molecule has 1 N–H and O–H groups in total. The maximum Gasteiger partial charge on any atom is 0.222 e. The van der Waals surface area contributed by atoms with E-state index in [1.807, 2.05) is 27.0 Å². The fraction of sp³-hybridized carbons (Fsp3) is 0.278. The molecule has 1 aromatic carbocycles. The van der Waals surface area contributed by atoms with Crippen LogP contribution in [0.1, 0.15) is 32.4 Å². The first-order valence-corrected chi connectivity index (χ1v) is 8.25. The predicted octanol–water partition coefficient (Wildman–Crippen LogP) is 4.51. The zero-order valence-corrected chi connectivity index (χ0v) is 15.1. The van der Waals surface area contributed by atoms with E-state index in [9.17, 15) is 9.18 Å². The number of hydrogen-bond donors (Lipinski definition) is 1. The Labute approximate surface area is 149 Å². The Balaban J connectivity index is 2.22. The molecule has 0 saturated heterocycles. The van der Waals surface area contributed by atoms with E-state index in [4.69, 9.17) is 11.6 Å². The third-order valence-corrected chi connectivity index (χ3v) is 4.26. The summed E-state index contributed by atoms with van der Waals surface area (Å²) in [6.07, 6.45) is 1.44. The third kappa shape index (κ3) is 3.22. The lowest BCUT2D eigenvalue weighted by atomic mass is 10.00. The fourth-order valence-electron chi connectivity index (χ4n) is 3.02. The maximum absolute atomic E-state index is 14.6. The Morgan fingerprint density at radius 2 is 2.04 bits per heavy atom. The summed E-state index contributed by atoms with van der Waals surface area (Å²) in [5.74, 6) is -0.101. The monoisotopic (exact) mass is 360 g/mol. The van der Waals surface area contributed by atoms with Gasteiger partial charge in [0.25, 0.3) is 0 Å². The van der Waals surface area contributed by atoms with Crippen LogP contribution in [-0.4, -0.2) is 20.7 Å². The number of amides is 1. The summed E-state index contributed by atoms with van der Waals surface area (Å²) < 4.78 is 16.3. The Bertz CT molecular complexity index is 981. The van der Waals surface area contributed by atoms with Crippen molar-refractivity contribution >= 4 is 34.2 Å². The number of benzene rings is 1. The first-order chi connectivity index (χ1) is 11.8. The minimum Gasteiger partial charge on any atom is -0.311 e. The van der Waals surface area contributed by atoms with E-state index < -0.39 is 5.82 Å². The summed E-state index contributed by atoms with van der Waals surface area (Å²) in [5.41, 5.74) is 2.49. The van der Waals surface area contributed by atoms with Crippen LogP contribution >= 0.6 is 11.6 Å². The highest BCUT2D eigenvalue weighted by molar-refractivity contribution is 6.33. The molecule has 25 heavy (non-hydrogen) atoms. The number of carbonyl (C=O) groups is 1. The summed E-state index contributed by atoms with van der Waals surface area (Å²) >= 11 is 6.26. The fourth-order valence-corrected chi connectivity index (χ4v) is 3.24.